The first kappa shape index (κ1) is 19.4. The van der Waals surface area contributed by atoms with E-state index in [0.29, 0.717) is 28.5 Å². The van der Waals surface area contributed by atoms with E-state index in [0.717, 1.165) is 16.0 Å². The van der Waals surface area contributed by atoms with Gasteiger partial charge in [-0.2, -0.15) is 5.26 Å². The van der Waals surface area contributed by atoms with Crippen LogP contribution in [-0.4, -0.2) is 17.6 Å². The van der Waals surface area contributed by atoms with E-state index in [1.54, 1.807) is 0 Å². The number of fused-ring (bicyclic) bond motifs is 1. The van der Waals surface area contributed by atoms with Gasteiger partial charge in [-0.15, -0.1) is 11.3 Å². The zero-order valence-electron chi connectivity index (χ0n) is 15.8. The first-order chi connectivity index (χ1) is 14.5. The summed E-state index contributed by atoms with van der Waals surface area (Å²) in [6.07, 6.45) is 0.579. The van der Waals surface area contributed by atoms with Gasteiger partial charge in [-0.1, -0.05) is 6.07 Å². The van der Waals surface area contributed by atoms with E-state index in [1.165, 1.54) is 35.6 Å². The summed E-state index contributed by atoms with van der Waals surface area (Å²) in [5.74, 6) is 0.960. The Morgan fingerprint density at radius 3 is 2.67 bits per heavy atom. The molecule has 1 aliphatic heterocycles. The molecule has 0 spiro atoms. The number of amides is 1. The molecule has 2 heterocycles. The number of nitriles is 1. The Kier molecular flexibility index (Phi) is 5.08. The fourth-order valence-electron chi connectivity index (χ4n) is 3.10. The van der Waals surface area contributed by atoms with Gasteiger partial charge in [0, 0.05) is 29.0 Å². The largest absolute Gasteiger partial charge is 0.454 e. The molecule has 9 heteroatoms. The molecule has 0 saturated heterocycles. The van der Waals surface area contributed by atoms with Crippen LogP contribution in [0.25, 0.3) is 0 Å². The second kappa shape index (κ2) is 7.85. The number of non-ortho nitro benzene ring substituents is 1. The number of nitro groups is 1. The number of ether oxygens (including phenoxy) is 2. The molecule has 4 rings (SSSR count). The van der Waals surface area contributed by atoms with Gasteiger partial charge >= 0.3 is 0 Å². The maximum absolute atomic E-state index is 12.6. The highest BCUT2D eigenvalue weighted by atomic mass is 32.1. The van der Waals surface area contributed by atoms with Crippen molar-refractivity contribution < 1.29 is 19.2 Å². The number of anilines is 1. The number of nitrogens with one attached hydrogen (secondary N) is 1. The molecule has 1 amide bonds. The number of nitrogens with zero attached hydrogens (tertiary/aromatic N) is 2. The van der Waals surface area contributed by atoms with E-state index < -0.39 is 10.8 Å². The predicted molar refractivity (Wildman–Crippen MR) is 110 cm³/mol. The summed E-state index contributed by atoms with van der Waals surface area (Å²) in [6, 6.07) is 13.2. The van der Waals surface area contributed by atoms with Gasteiger partial charge in [-0.3, -0.25) is 14.9 Å². The first-order valence-electron chi connectivity index (χ1n) is 8.93. The van der Waals surface area contributed by atoms with E-state index in [4.69, 9.17) is 9.47 Å². The van der Waals surface area contributed by atoms with Crippen LogP contribution in [0.15, 0.2) is 42.5 Å². The Hall–Kier alpha value is -3.90. The Labute approximate surface area is 175 Å². The fourth-order valence-corrected chi connectivity index (χ4v) is 4.28. The van der Waals surface area contributed by atoms with Crippen LogP contribution in [0.3, 0.4) is 0 Å². The Bertz CT molecular complexity index is 1190. The summed E-state index contributed by atoms with van der Waals surface area (Å²) in [6.45, 7) is 2.05. The molecule has 0 radical (unpaired) electrons. The van der Waals surface area contributed by atoms with Crippen molar-refractivity contribution in [3.8, 4) is 17.6 Å². The third kappa shape index (κ3) is 3.68. The first-order valence-corrected chi connectivity index (χ1v) is 9.74. The SMILES string of the molecule is Cc1c(Cc2ccc3c(c2)OCO3)sc(NC(=O)c2ccc([N+](=O)[O-])cc2)c1C#N. The molecule has 0 unspecified atom stereocenters. The van der Waals surface area contributed by atoms with Crippen LogP contribution in [0.1, 0.15) is 31.9 Å². The van der Waals surface area contributed by atoms with E-state index in [9.17, 15) is 20.2 Å². The van der Waals surface area contributed by atoms with Gasteiger partial charge < -0.3 is 14.8 Å². The lowest BCUT2D eigenvalue weighted by Crippen LogP contribution is -2.11. The van der Waals surface area contributed by atoms with Crippen molar-refractivity contribution >= 4 is 27.9 Å². The minimum absolute atomic E-state index is 0.0951. The normalized spacial score (nSPS) is 11.7. The molecule has 3 aromatic rings. The molecule has 150 valence electrons. The molecule has 8 nitrogen and oxygen atoms in total. The van der Waals surface area contributed by atoms with E-state index >= 15 is 0 Å². The number of hydrogen-bond donors (Lipinski definition) is 1. The Morgan fingerprint density at radius 1 is 1.23 bits per heavy atom. The fraction of sp³-hybridized carbons (Fsp3) is 0.143. The van der Waals surface area contributed by atoms with Crippen molar-refractivity contribution in [3.05, 3.63) is 79.7 Å². The lowest BCUT2D eigenvalue weighted by Gasteiger charge is -2.03. The van der Waals surface area contributed by atoms with Crippen LogP contribution in [-0.2, 0) is 6.42 Å². The number of rotatable bonds is 5. The van der Waals surface area contributed by atoms with Gasteiger partial charge in [0.05, 0.1) is 10.5 Å². The summed E-state index contributed by atoms with van der Waals surface area (Å²) in [7, 11) is 0. The average Bonchev–Trinajstić information content (AvgIpc) is 3.32. The molecule has 1 N–H and O–H groups in total. The van der Waals surface area contributed by atoms with Crippen molar-refractivity contribution in [2.75, 3.05) is 12.1 Å². The molecular formula is C21H15N3O5S. The van der Waals surface area contributed by atoms with Crippen LogP contribution in [0.5, 0.6) is 11.5 Å². The summed E-state index contributed by atoms with van der Waals surface area (Å²) in [5.41, 5.74) is 2.39. The molecule has 1 aliphatic rings. The molecule has 2 aromatic carbocycles. The summed E-state index contributed by atoms with van der Waals surface area (Å²) in [5, 5.41) is 23.6. The molecule has 0 atom stereocenters. The molecular weight excluding hydrogens is 406 g/mol. The number of nitro benzene ring substituents is 1. The van der Waals surface area contributed by atoms with Crippen LogP contribution < -0.4 is 14.8 Å². The Balaban J connectivity index is 1.56. The highest BCUT2D eigenvalue weighted by Gasteiger charge is 2.20. The molecule has 0 saturated carbocycles. The smallest absolute Gasteiger partial charge is 0.269 e. The standard InChI is InChI=1S/C21H15N3O5S/c1-12-16(10-22)21(23-20(25)14-3-5-15(6-4-14)24(26)27)30-19(12)9-13-2-7-17-18(8-13)29-11-28-17/h2-8H,9,11H2,1H3,(H,23,25). The van der Waals surface area contributed by atoms with E-state index in [-0.39, 0.29) is 18.0 Å². The number of benzene rings is 2. The molecule has 0 aliphatic carbocycles. The second-order valence-corrected chi connectivity index (χ2v) is 7.69. The van der Waals surface area contributed by atoms with Crippen LogP contribution in [0.2, 0.25) is 0 Å². The monoisotopic (exact) mass is 421 g/mol. The van der Waals surface area contributed by atoms with Crippen LogP contribution >= 0.6 is 11.3 Å². The maximum Gasteiger partial charge on any atom is 0.269 e. The minimum atomic E-state index is -0.527. The van der Waals surface area contributed by atoms with Crippen LogP contribution in [0, 0.1) is 28.4 Å². The van der Waals surface area contributed by atoms with Crippen molar-refractivity contribution in [2.45, 2.75) is 13.3 Å². The van der Waals surface area contributed by atoms with E-state index in [1.807, 2.05) is 25.1 Å². The van der Waals surface area contributed by atoms with Gasteiger partial charge in [-0.05, 0) is 42.3 Å². The van der Waals surface area contributed by atoms with Gasteiger partial charge in [0.15, 0.2) is 11.5 Å². The van der Waals surface area contributed by atoms with Crippen molar-refractivity contribution in [1.82, 2.24) is 0 Å². The van der Waals surface area contributed by atoms with Gasteiger partial charge in [0.25, 0.3) is 11.6 Å². The third-order valence-electron chi connectivity index (χ3n) is 4.73. The molecule has 30 heavy (non-hydrogen) atoms. The number of carbonyl (C=O) groups is 1. The Morgan fingerprint density at radius 2 is 1.97 bits per heavy atom. The predicted octanol–water partition coefficient (Wildman–Crippen LogP) is 4.41. The second-order valence-electron chi connectivity index (χ2n) is 6.59. The molecule has 0 fully saturated rings. The third-order valence-corrected chi connectivity index (χ3v) is 5.93. The van der Waals surface area contributed by atoms with Gasteiger partial charge in [0.1, 0.15) is 11.1 Å². The summed E-state index contributed by atoms with van der Waals surface area (Å²) < 4.78 is 10.7. The number of thiophene rings is 1. The van der Waals surface area contributed by atoms with Crippen LogP contribution in [0.4, 0.5) is 10.7 Å². The summed E-state index contributed by atoms with van der Waals surface area (Å²) in [4.78, 5) is 23.7. The maximum atomic E-state index is 12.6. The van der Waals surface area contributed by atoms with Gasteiger partial charge in [0.2, 0.25) is 6.79 Å². The highest BCUT2D eigenvalue weighted by Crippen LogP contribution is 2.37. The lowest BCUT2D eigenvalue weighted by molar-refractivity contribution is -0.384. The van der Waals surface area contributed by atoms with Crippen molar-refractivity contribution in [2.24, 2.45) is 0 Å². The van der Waals surface area contributed by atoms with Crippen molar-refractivity contribution in [1.29, 1.82) is 5.26 Å². The zero-order chi connectivity index (χ0) is 21.3. The van der Waals surface area contributed by atoms with Crippen molar-refractivity contribution in [3.63, 3.8) is 0 Å². The minimum Gasteiger partial charge on any atom is -0.454 e. The molecule has 1 aromatic heterocycles. The quantitative estimate of drug-likeness (QED) is 0.482. The molecule has 0 bridgehead atoms. The van der Waals surface area contributed by atoms with Gasteiger partial charge in [-0.25, -0.2) is 0 Å². The average molecular weight is 421 g/mol. The summed E-state index contributed by atoms with van der Waals surface area (Å²) >= 11 is 1.34. The number of hydrogen-bond acceptors (Lipinski definition) is 7. The van der Waals surface area contributed by atoms with E-state index in [2.05, 4.69) is 11.4 Å². The topological polar surface area (TPSA) is 114 Å². The zero-order valence-corrected chi connectivity index (χ0v) is 16.6. The lowest BCUT2D eigenvalue weighted by atomic mass is 10.1. The highest BCUT2D eigenvalue weighted by molar-refractivity contribution is 7.16. The number of carbonyl (C=O) groups excluding carboxylic acids is 1.